The number of sulfonamides is 1. The lowest BCUT2D eigenvalue weighted by molar-refractivity contribution is 0.566. The van der Waals surface area contributed by atoms with E-state index in [1.165, 1.54) is 12.1 Å². The summed E-state index contributed by atoms with van der Waals surface area (Å²) in [5.41, 5.74) is 5.51. The summed E-state index contributed by atoms with van der Waals surface area (Å²) < 4.78 is 46.8. The molecule has 0 aliphatic carbocycles. The fourth-order valence-corrected chi connectivity index (χ4v) is 5.68. The van der Waals surface area contributed by atoms with Gasteiger partial charge in [-0.15, -0.1) is 11.3 Å². The van der Waals surface area contributed by atoms with Crippen molar-refractivity contribution in [2.45, 2.75) is 39.9 Å². The van der Waals surface area contributed by atoms with Crippen molar-refractivity contribution in [1.82, 2.24) is 0 Å². The Hall–Kier alpha value is -0.480. The third kappa shape index (κ3) is 3.99. The molecule has 0 aliphatic rings. The van der Waals surface area contributed by atoms with Crippen molar-refractivity contribution in [2.75, 3.05) is 6.54 Å². The largest absolute Gasteiger partial charge is 0.329 e. The number of rotatable bonds is 7. The summed E-state index contributed by atoms with van der Waals surface area (Å²) >= 11 is 0.667. The minimum absolute atomic E-state index is 0.00285. The normalized spacial score (nSPS) is 14.5. The summed E-state index contributed by atoms with van der Waals surface area (Å²) in [6.07, 6.45) is 2.10. The summed E-state index contributed by atoms with van der Waals surface area (Å²) in [4.78, 5) is 0. The highest BCUT2D eigenvalue weighted by molar-refractivity contribution is 7.95. The molecule has 0 aliphatic heterocycles. The van der Waals surface area contributed by atoms with Crippen LogP contribution in [0.4, 0.5) is 0 Å². The van der Waals surface area contributed by atoms with E-state index in [9.17, 15) is 16.8 Å². The minimum Gasteiger partial charge on any atom is -0.329 e. The van der Waals surface area contributed by atoms with Crippen molar-refractivity contribution in [3.05, 3.63) is 12.1 Å². The number of sulfone groups is 1. The van der Waals surface area contributed by atoms with E-state index in [2.05, 4.69) is 0 Å². The van der Waals surface area contributed by atoms with E-state index in [1.807, 2.05) is 6.92 Å². The zero-order chi connectivity index (χ0) is 14.7. The highest BCUT2D eigenvalue weighted by atomic mass is 32.3. The maximum atomic E-state index is 12.3. The molecule has 110 valence electrons. The van der Waals surface area contributed by atoms with Crippen LogP contribution in [0.1, 0.15) is 26.2 Å². The lowest BCUT2D eigenvalue weighted by atomic mass is 10.2. The molecule has 9 heteroatoms. The second-order valence-corrected chi connectivity index (χ2v) is 9.49. The SMILES string of the molecule is CCCCC(CN)S(=O)(=O)c1ccc(S(N)(=O)=O)s1. The molecular weight excluding hydrogens is 308 g/mol. The van der Waals surface area contributed by atoms with E-state index in [0.29, 0.717) is 17.8 Å². The predicted octanol–water partition coefficient (Wildman–Crippen LogP) is 0.687. The first-order valence-corrected chi connectivity index (χ1v) is 9.71. The minimum atomic E-state index is -3.87. The van der Waals surface area contributed by atoms with Crippen LogP contribution in [0.3, 0.4) is 0 Å². The van der Waals surface area contributed by atoms with E-state index in [-0.39, 0.29) is 15.0 Å². The Morgan fingerprint density at radius 3 is 2.21 bits per heavy atom. The average Bonchev–Trinajstić information content (AvgIpc) is 2.79. The summed E-state index contributed by atoms with van der Waals surface area (Å²) in [5, 5.41) is 4.28. The number of hydrogen-bond donors (Lipinski definition) is 2. The molecule has 0 fully saturated rings. The topological polar surface area (TPSA) is 120 Å². The predicted molar refractivity (Wildman–Crippen MR) is 75.2 cm³/mol. The fourth-order valence-electron chi connectivity index (χ4n) is 1.60. The summed E-state index contributed by atoms with van der Waals surface area (Å²) in [5.74, 6) is 0. The Labute approximate surface area is 117 Å². The van der Waals surface area contributed by atoms with Gasteiger partial charge in [-0.2, -0.15) is 0 Å². The number of unbranched alkanes of at least 4 members (excludes halogenated alkanes) is 1. The molecule has 19 heavy (non-hydrogen) atoms. The van der Waals surface area contributed by atoms with Crippen LogP contribution < -0.4 is 10.9 Å². The molecule has 1 unspecified atom stereocenters. The van der Waals surface area contributed by atoms with Gasteiger partial charge < -0.3 is 5.73 Å². The van der Waals surface area contributed by atoms with Crippen molar-refractivity contribution < 1.29 is 16.8 Å². The first-order valence-electron chi connectivity index (χ1n) is 5.80. The fraction of sp³-hybridized carbons (Fsp3) is 0.600. The standard InChI is InChI=1S/C10H18N2O4S3/c1-2-3-4-8(7-11)18(13,14)9-5-6-10(17-9)19(12,15)16/h5-6,8H,2-4,7,11H2,1H3,(H2,12,15,16). The number of primary sulfonamides is 1. The van der Waals surface area contributed by atoms with Crippen molar-refractivity contribution in [3.8, 4) is 0 Å². The van der Waals surface area contributed by atoms with Gasteiger partial charge in [-0.3, -0.25) is 0 Å². The molecule has 0 amide bonds. The van der Waals surface area contributed by atoms with Crippen molar-refractivity contribution in [2.24, 2.45) is 10.9 Å². The molecule has 6 nitrogen and oxygen atoms in total. The molecule has 0 radical (unpaired) electrons. The van der Waals surface area contributed by atoms with Crippen LogP contribution in [-0.2, 0) is 19.9 Å². The quantitative estimate of drug-likeness (QED) is 0.763. The van der Waals surface area contributed by atoms with Gasteiger partial charge >= 0.3 is 0 Å². The highest BCUT2D eigenvalue weighted by Gasteiger charge is 2.28. The first-order chi connectivity index (χ1) is 8.73. The summed E-state index contributed by atoms with van der Waals surface area (Å²) in [6, 6.07) is 2.48. The molecule has 1 aromatic heterocycles. The van der Waals surface area contributed by atoms with Crippen LogP contribution in [0.2, 0.25) is 0 Å². The molecule has 1 atom stereocenters. The smallest absolute Gasteiger partial charge is 0.247 e. The zero-order valence-electron chi connectivity index (χ0n) is 10.6. The highest BCUT2D eigenvalue weighted by Crippen LogP contribution is 2.28. The lowest BCUT2D eigenvalue weighted by Crippen LogP contribution is -2.29. The Bertz CT molecular complexity index is 619. The van der Waals surface area contributed by atoms with Gasteiger partial charge in [0.05, 0.1) is 5.25 Å². The summed E-state index contributed by atoms with van der Waals surface area (Å²) in [6.45, 7) is 1.98. The molecule has 0 saturated carbocycles. The Kier molecular flexibility index (Phi) is 5.51. The Morgan fingerprint density at radius 1 is 1.21 bits per heavy atom. The van der Waals surface area contributed by atoms with E-state index < -0.39 is 25.1 Å². The maximum Gasteiger partial charge on any atom is 0.247 e. The Balaban J connectivity index is 3.09. The van der Waals surface area contributed by atoms with Gasteiger partial charge in [0.1, 0.15) is 8.42 Å². The maximum absolute atomic E-state index is 12.3. The lowest BCUT2D eigenvalue weighted by Gasteiger charge is -2.13. The molecule has 1 heterocycles. The van der Waals surface area contributed by atoms with Crippen molar-refractivity contribution in [3.63, 3.8) is 0 Å². The van der Waals surface area contributed by atoms with Gasteiger partial charge in [0.25, 0.3) is 0 Å². The first kappa shape index (κ1) is 16.6. The zero-order valence-corrected chi connectivity index (χ0v) is 13.0. The van der Waals surface area contributed by atoms with E-state index >= 15 is 0 Å². The van der Waals surface area contributed by atoms with Gasteiger partial charge in [0, 0.05) is 6.54 Å². The van der Waals surface area contributed by atoms with E-state index in [1.54, 1.807) is 0 Å². The Morgan fingerprint density at radius 2 is 1.79 bits per heavy atom. The van der Waals surface area contributed by atoms with Gasteiger partial charge in [0.15, 0.2) is 9.84 Å². The average molecular weight is 326 g/mol. The van der Waals surface area contributed by atoms with Crippen LogP contribution in [0.5, 0.6) is 0 Å². The van der Waals surface area contributed by atoms with Crippen molar-refractivity contribution >= 4 is 31.2 Å². The van der Waals surface area contributed by atoms with Crippen LogP contribution in [-0.4, -0.2) is 28.6 Å². The third-order valence-corrected chi connectivity index (χ3v) is 7.97. The van der Waals surface area contributed by atoms with Gasteiger partial charge in [-0.1, -0.05) is 19.8 Å². The molecule has 0 aromatic carbocycles. The van der Waals surface area contributed by atoms with E-state index in [0.717, 1.165) is 12.8 Å². The van der Waals surface area contributed by atoms with Crippen LogP contribution in [0, 0.1) is 0 Å². The third-order valence-electron chi connectivity index (χ3n) is 2.70. The second kappa shape index (κ2) is 6.31. The van der Waals surface area contributed by atoms with Gasteiger partial charge in [0.2, 0.25) is 10.0 Å². The summed E-state index contributed by atoms with van der Waals surface area (Å²) in [7, 11) is -7.46. The molecule has 1 rings (SSSR count). The van der Waals surface area contributed by atoms with Crippen LogP contribution in [0.25, 0.3) is 0 Å². The van der Waals surface area contributed by atoms with Gasteiger partial charge in [-0.05, 0) is 18.6 Å². The number of hydrogen-bond acceptors (Lipinski definition) is 6. The van der Waals surface area contributed by atoms with E-state index in [4.69, 9.17) is 10.9 Å². The molecule has 0 spiro atoms. The molecule has 0 saturated heterocycles. The van der Waals surface area contributed by atoms with Crippen LogP contribution in [0.15, 0.2) is 20.6 Å². The number of nitrogens with two attached hydrogens (primary N) is 2. The van der Waals surface area contributed by atoms with Crippen molar-refractivity contribution in [1.29, 1.82) is 0 Å². The molecule has 1 aromatic rings. The second-order valence-electron chi connectivity index (χ2n) is 4.16. The molecule has 0 bridgehead atoms. The molecular formula is C10H18N2O4S3. The molecule has 4 N–H and O–H groups in total. The number of thiophene rings is 1. The monoisotopic (exact) mass is 326 g/mol. The van der Waals surface area contributed by atoms with Gasteiger partial charge in [-0.25, -0.2) is 22.0 Å². The van der Waals surface area contributed by atoms with Crippen LogP contribution >= 0.6 is 11.3 Å².